The van der Waals surface area contributed by atoms with Gasteiger partial charge in [0.25, 0.3) is 5.91 Å². The molecular formula is C14H22FN3O. The molecule has 0 aromatic carbocycles. The van der Waals surface area contributed by atoms with E-state index in [9.17, 15) is 9.18 Å². The van der Waals surface area contributed by atoms with Crippen molar-refractivity contribution in [2.75, 3.05) is 19.4 Å². The molecule has 1 heterocycles. The lowest BCUT2D eigenvalue weighted by atomic mass is 10.0. The van der Waals surface area contributed by atoms with Gasteiger partial charge in [-0.3, -0.25) is 4.79 Å². The number of carbonyl (C=O) groups is 1. The highest BCUT2D eigenvalue weighted by atomic mass is 19.1. The highest BCUT2D eigenvalue weighted by Crippen LogP contribution is 2.18. The summed E-state index contributed by atoms with van der Waals surface area (Å²) in [6, 6.07) is 1.32. The molecule has 0 saturated heterocycles. The van der Waals surface area contributed by atoms with Crippen LogP contribution < -0.4 is 5.32 Å². The van der Waals surface area contributed by atoms with Crippen molar-refractivity contribution in [3.8, 4) is 0 Å². The molecule has 1 unspecified atom stereocenters. The van der Waals surface area contributed by atoms with E-state index in [0.29, 0.717) is 11.7 Å². The molecule has 0 aliphatic heterocycles. The largest absolute Gasteiger partial charge is 0.372 e. The Hall–Kier alpha value is -1.65. The third kappa shape index (κ3) is 3.91. The van der Waals surface area contributed by atoms with Gasteiger partial charge in [-0.05, 0) is 25.3 Å². The molecule has 1 aromatic rings. The average Bonchev–Trinajstić information content (AvgIpc) is 2.36. The van der Waals surface area contributed by atoms with Gasteiger partial charge in [-0.2, -0.15) is 0 Å². The van der Waals surface area contributed by atoms with Crippen molar-refractivity contribution < 1.29 is 9.18 Å². The van der Waals surface area contributed by atoms with E-state index < -0.39 is 5.82 Å². The molecule has 1 atom stereocenters. The van der Waals surface area contributed by atoms with Gasteiger partial charge < -0.3 is 10.2 Å². The number of aromatic nitrogens is 1. The van der Waals surface area contributed by atoms with Gasteiger partial charge in [-0.15, -0.1) is 0 Å². The number of nitrogens with zero attached hydrogens (tertiary/aromatic N) is 2. The molecule has 0 radical (unpaired) electrons. The Labute approximate surface area is 114 Å². The van der Waals surface area contributed by atoms with Crippen LogP contribution in [0, 0.1) is 11.7 Å². The molecule has 19 heavy (non-hydrogen) atoms. The molecule has 0 aliphatic rings. The summed E-state index contributed by atoms with van der Waals surface area (Å²) < 4.78 is 13.3. The number of hydrogen-bond acceptors (Lipinski definition) is 3. The van der Waals surface area contributed by atoms with Crippen LogP contribution in [0.4, 0.5) is 10.2 Å². The minimum atomic E-state index is -0.507. The van der Waals surface area contributed by atoms with Crippen molar-refractivity contribution in [3.05, 3.63) is 23.6 Å². The SMILES string of the molecule is CNc1ncc(F)cc1C(=O)N(C)C(C)CC(C)C. The zero-order valence-electron chi connectivity index (χ0n) is 12.2. The van der Waals surface area contributed by atoms with Crippen LogP contribution in [-0.4, -0.2) is 35.9 Å². The van der Waals surface area contributed by atoms with Gasteiger partial charge in [0.1, 0.15) is 11.6 Å². The fraction of sp³-hybridized carbons (Fsp3) is 0.571. The molecule has 106 valence electrons. The summed E-state index contributed by atoms with van der Waals surface area (Å²) in [6.07, 6.45) is 2.00. The van der Waals surface area contributed by atoms with Crippen molar-refractivity contribution >= 4 is 11.7 Å². The summed E-state index contributed by atoms with van der Waals surface area (Å²) >= 11 is 0. The second kappa shape index (κ2) is 6.50. The Morgan fingerprint density at radius 1 is 1.47 bits per heavy atom. The molecule has 1 amide bonds. The quantitative estimate of drug-likeness (QED) is 0.892. The molecule has 0 fully saturated rings. The average molecular weight is 267 g/mol. The summed E-state index contributed by atoms with van der Waals surface area (Å²) in [7, 11) is 3.40. The second-order valence-electron chi connectivity index (χ2n) is 5.19. The first-order valence-corrected chi connectivity index (χ1v) is 6.47. The highest BCUT2D eigenvalue weighted by molar-refractivity contribution is 5.98. The number of pyridine rings is 1. The zero-order valence-corrected chi connectivity index (χ0v) is 12.2. The summed E-state index contributed by atoms with van der Waals surface area (Å²) in [5, 5.41) is 2.81. The van der Waals surface area contributed by atoms with Gasteiger partial charge in [-0.25, -0.2) is 9.37 Å². The summed E-state index contributed by atoms with van der Waals surface area (Å²) in [5.41, 5.74) is 0.264. The van der Waals surface area contributed by atoms with Gasteiger partial charge in [0.15, 0.2) is 0 Å². The minimum absolute atomic E-state index is 0.0977. The molecule has 0 spiro atoms. The van der Waals surface area contributed by atoms with Crippen molar-refractivity contribution in [2.45, 2.75) is 33.2 Å². The van der Waals surface area contributed by atoms with Crippen LogP contribution >= 0.6 is 0 Å². The summed E-state index contributed by atoms with van der Waals surface area (Å²) in [6.45, 7) is 6.21. The van der Waals surface area contributed by atoms with E-state index in [2.05, 4.69) is 24.1 Å². The fourth-order valence-corrected chi connectivity index (χ4v) is 2.03. The van der Waals surface area contributed by atoms with Gasteiger partial charge in [0.2, 0.25) is 0 Å². The first-order valence-electron chi connectivity index (χ1n) is 6.47. The molecule has 0 aliphatic carbocycles. The van der Waals surface area contributed by atoms with Crippen LogP contribution in [-0.2, 0) is 0 Å². The lowest BCUT2D eigenvalue weighted by Gasteiger charge is -2.27. The number of anilines is 1. The third-order valence-corrected chi connectivity index (χ3v) is 3.12. The molecule has 4 nitrogen and oxygen atoms in total. The standard InChI is InChI=1S/C14H22FN3O/c1-9(2)6-10(3)18(5)14(19)12-7-11(15)8-17-13(12)16-4/h7-10H,6H2,1-5H3,(H,16,17). The van der Waals surface area contributed by atoms with Crippen LogP contribution in [0.1, 0.15) is 37.6 Å². The molecule has 0 bridgehead atoms. The number of hydrogen-bond donors (Lipinski definition) is 1. The lowest BCUT2D eigenvalue weighted by molar-refractivity contribution is 0.0728. The van der Waals surface area contributed by atoms with E-state index in [4.69, 9.17) is 0 Å². The van der Waals surface area contributed by atoms with E-state index in [-0.39, 0.29) is 17.5 Å². The third-order valence-electron chi connectivity index (χ3n) is 3.12. The first kappa shape index (κ1) is 15.4. The van der Waals surface area contributed by atoms with E-state index in [1.165, 1.54) is 6.07 Å². The summed E-state index contributed by atoms with van der Waals surface area (Å²) in [4.78, 5) is 17.9. The lowest BCUT2D eigenvalue weighted by Crippen LogP contribution is -2.36. The normalized spacial score (nSPS) is 12.4. The number of amides is 1. The molecular weight excluding hydrogens is 245 g/mol. The zero-order chi connectivity index (χ0) is 14.6. The Morgan fingerprint density at radius 2 is 2.11 bits per heavy atom. The predicted molar refractivity (Wildman–Crippen MR) is 74.8 cm³/mol. The van der Waals surface area contributed by atoms with Crippen molar-refractivity contribution in [3.63, 3.8) is 0 Å². The maximum absolute atomic E-state index is 13.3. The highest BCUT2D eigenvalue weighted by Gasteiger charge is 2.21. The van der Waals surface area contributed by atoms with Crippen LogP contribution in [0.2, 0.25) is 0 Å². The smallest absolute Gasteiger partial charge is 0.257 e. The number of nitrogens with one attached hydrogen (secondary N) is 1. The number of rotatable bonds is 5. The van der Waals surface area contributed by atoms with E-state index in [1.54, 1.807) is 19.0 Å². The van der Waals surface area contributed by atoms with Gasteiger partial charge >= 0.3 is 0 Å². The van der Waals surface area contributed by atoms with Gasteiger partial charge in [0.05, 0.1) is 11.8 Å². The van der Waals surface area contributed by atoms with Crippen molar-refractivity contribution in [1.82, 2.24) is 9.88 Å². The topological polar surface area (TPSA) is 45.2 Å². The van der Waals surface area contributed by atoms with Crippen LogP contribution in [0.25, 0.3) is 0 Å². The van der Waals surface area contributed by atoms with E-state index in [0.717, 1.165) is 12.6 Å². The monoisotopic (exact) mass is 267 g/mol. The second-order valence-corrected chi connectivity index (χ2v) is 5.19. The molecule has 1 rings (SSSR count). The Balaban J connectivity index is 2.96. The van der Waals surface area contributed by atoms with Crippen LogP contribution in [0.3, 0.4) is 0 Å². The Morgan fingerprint density at radius 3 is 2.63 bits per heavy atom. The van der Waals surface area contributed by atoms with E-state index >= 15 is 0 Å². The van der Waals surface area contributed by atoms with Gasteiger partial charge in [-0.1, -0.05) is 13.8 Å². The number of carbonyl (C=O) groups excluding carboxylic acids is 1. The molecule has 1 N–H and O–H groups in total. The molecule has 5 heteroatoms. The van der Waals surface area contributed by atoms with Crippen molar-refractivity contribution in [1.29, 1.82) is 0 Å². The van der Waals surface area contributed by atoms with Crippen LogP contribution in [0.15, 0.2) is 12.3 Å². The Kier molecular flexibility index (Phi) is 5.27. The van der Waals surface area contributed by atoms with Crippen LogP contribution in [0.5, 0.6) is 0 Å². The number of halogens is 1. The summed E-state index contributed by atoms with van der Waals surface area (Å²) in [5.74, 6) is 0.173. The fourth-order valence-electron chi connectivity index (χ4n) is 2.03. The first-order chi connectivity index (χ1) is 8.86. The maximum Gasteiger partial charge on any atom is 0.257 e. The molecule has 0 saturated carbocycles. The molecule has 1 aromatic heterocycles. The van der Waals surface area contributed by atoms with Crippen molar-refractivity contribution in [2.24, 2.45) is 5.92 Å². The van der Waals surface area contributed by atoms with Gasteiger partial charge in [0, 0.05) is 20.1 Å². The maximum atomic E-state index is 13.3. The Bertz CT molecular complexity index is 448. The predicted octanol–water partition coefficient (Wildman–Crippen LogP) is 2.77. The minimum Gasteiger partial charge on any atom is -0.372 e. The van der Waals surface area contributed by atoms with E-state index in [1.807, 2.05) is 6.92 Å².